The maximum atomic E-state index is 10.2. The van der Waals surface area contributed by atoms with Gasteiger partial charge in [-0.05, 0) is 48.9 Å². The lowest BCUT2D eigenvalue weighted by molar-refractivity contribution is 0.125. The van der Waals surface area contributed by atoms with Gasteiger partial charge in [0.05, 0.1) is 6.10 Å². The van der Waals surface area contributed by atoms with Gasteiger partial charge in [0, 0.05) is 6.04 Å². The molecular formula is C14H23NO. The van der Waals surface area contributed by atoms with Crippen LogP contribution in [0.25, 0.3) is 0 Å². The molecule has 0 heterocycles. The first kappa shape index (κ1) is 13.2. The number of hydrogen-bond donors (Lipinski definition) is 2. The Morgan fingerprint density at radius 2 is 1.50 bits per heavy atom. The molecule has 1 rings (SSSR count). The topological polar surface area (TPSA) is 46.2 Å². The molecule has 1 aromatic rings. The highest BCUT2D eigenvalue weighted by atomic mass is 16.3. The van der Waals surface area contributed by atoms with Crippen LogP contribution in [-0.2, 0) is 0 Å². The third-order valence-corrected chi connectivity index (χ3v) is 3.34. The quantitative estimate of drug-likeness (QED) is 0.824. The van der Waals surface area contributed by atoms with Gasteiger partial charge in [-0.2, -0.15) is 0 Å². The molecule has 0 fully saturated rings. The summed E-state index contributed by atoms with van der Waals surface area (Å²) in [6, 6.07) is 3.96. The van der Waals surface area contributed by atoms with Crippen LogP contribution < -0.4 is 5.73 Å². The van der Waals surface area contributed by atoms with Gasteiger partial charge in [0.25, 0.3) is 0 Å². The minimum absolute atomic E-state index is 0.208. The largest absolute Gasteiger partial charge is 0.387 e. The van der Waals surface area contributed by atoms with E-state index in [-0.39, 0.29) is 12.0 Å². The second kappa shape index (κ2) is 4.98. The van der Waals surface area contributed by atoms with Gasteiger partial charge in [0.1, 0.15) is 0 Å². The van der Waals surface area contributed by atoms with Gasteiger partial charge in [-0.25, -0.2) is 0 Å². The fraction of sp³-hybridized carbons (Fsp3) is 0.571. The average Bonchev–Trinajstić information content (AvgIpc) is 2.21. The molecular weight excluding hydrogens is 198 g/mol. The van der Waals surface area contributed by atoms with Crippen LogP contribution >= 0.6 is 0 Å². The molecule has 0 spiro atoms. The normalized spacial score (nSPS) is 15.2. The minimum Gasteiger partial charge on any atom is -0.387 e. The van der Waals surface area contributed by atoms with Crippen molar-refractivity contribution in [2.45, 2.75) is 46.8 Å². The van der Waals surface area contributed by atoms with Crippen LogP contribution in [0, 0.1) is 26.7 Å². The molecule has 90 valence electrons. The molecule has 0 amide bonds. The Hall–Kier alpha value is -0.860. The zero-order valence-corrected chi connectivity index (χ0v) is 10.9. The number of aliphatic hydroxyl groups is 1. The molecule has 2 unspecified atom stereocenters. The highest BCUT2D eigenvalue weighted by molar-refractivity contribution is 5.38. The summed E-state index contributed by atoms with van der Waals surface area (Å²) in [6.45, 7) is 10.2. The van der Waals surface area contributed by atoms with Crippen molar-refractivity contribution in [3.8, 4) is 0 Å². The van der Waals surface area contributed by atoms with Crippen molar-refractivity contribution in [2.75, 3.05) is 0 Å². The fourth-order valence-corrected chi connectivity index (χ4v) is 1.87. The number of rotatable bonds is 3. The molecule has 16 heavy (non-hydrogen) atoms. The van der Waals surface area contributed by atoms with E-state index in [0.29, 0.717) is 0 Å². The van der Waals surface area contributed by atoms with Gasteiger partial charge in [-0.1, -0.05) is 26.0 Å². The molecule has 0 aliphatic rings. The molecule has 0 aromatic heterocycles. The van der Waals surface area contributed by atoms with Crippen molar-refractivity contribution in [3.63, 3.8) is 0 Å². The monoisotopic (exact) mass is 221 g/mol. The Morgan fingerprint density at radius 3 is 2.00 bits per heavy atom. The van der Waals surface area contributed by atoms with E-state index in [9.17, 15) is 5.11 Å². The molecule has 2 nitrogen and oxygen atoms in total. The number of aryl methyl sites for hydroxylation is 3. The summed E-state index contributed by atoms with van der Waals surface area (Å²) < 4.78 is 0. The summed E-state index contributed by atoms with van der Waals surface area (Å²) in [4.78, 5) is 0. The van der Waals surface area contributed by atoms with E-state index in [2.05, 4.69) is 26.0 Å². The zero-order valence-electron chi connectivity index (χ0n) is 10.9. The molecule has 1 aromatic carbocycles. The van der Waals surface area contributed by atoms with E-state index in [4.69, 9.17) is 5.73 Å². The van der Waals surface area contributed by atoms with Crippen LogP contribution in [-0.4, -0.2) is 11.1 Å². The molecule has 0 saturated heterocycles. The lowest BCUT2D eigenvalue weighted by Gasteiger charge is -2.24. The fourth-order valence-electron chi connectivity index (χ4n) is 1.87. The SMILES string of the molecule is Cc1cc(C)c(C(O)C(N)C(C)C)cc1C. The molecule has 3 N–H and O–H groups in total. The number of nitrogens with two attached hydrogens (primary N) is 1. The first-order chi connectivity index (χ1) is 7.34. The number of aliphatic hydroxyl groups excluding tert-OH is 1. The maximum Gasteiger partial charge on any atom is 0.0946 e. The lowest BCUT2D eigenvalue weighted by Crippen LogP contribution is -2.33. The second-order valence-corrected chi connectivity index (χ2v) is 5.06. The molecule has 0 aliphatic heterocycles. The highest BCUT2D eigenvalue weighted by Gasteiger charge is 2.21. The zero-order chi connectivity index (χ0) is 12.5. The van der Waals surface area contributed by atoms with E-state index in [1.165, 1.54) is 11.1 Å². The van der Waals surface area contributed by atoms with Gasteiger partial charge in [0.2, 0.25) is 0 Å². The van der Waals surface area contributed by atoms with Crippen LogP contribution in [0.15, 0.2) is 12.1 Å². The van der Waals surface area contributed by atoms with E-state index >= 15 is 0 Å². The molecule has 0 saturated carbocycles. The van der Waals surface area contributed by atoms with Gasteiger partial charge in [0.15, 0.2) is 0 Å². The van der Waals surface area contributed by atoms with E-state index in [1.807, 2.05) is 20.8 Å². The highest BCUT2D eigenvalue weighted by Crippen LogP contribution is 2.25. The summed E-state index contributed by atoms with van der Waals surface area (Å²) in [5, 5.41) is 10.2. The van der Waals surface area contributed by atoms with Crippen LogP contribution in [0.4, 0.5) is 0 Å². The van der Waals surface area contributed by atoms with Gasteiger partial charge < -0.3 is 10.8 Å². The molecule has 2 heteroatoms. The number of hydrogen-bond acceptors (Lipinski definition) is 2. The maximum absolute atomic E-state index is 10.2. The van der Waals surface area contributed by atoms with Gasteiger partial charge in [-0.3, -0.25) is 0 Å². The average molecular weight is 221 g/mol. The van der Waals surface area contributed by atoms with Crippen LogP contribution in [0.1, 0.15) is 42.2 Å². The van der Waals surface area contributed by atoms with E-state index in [1.54, 1.807) is 0 Å². The first-order valence-corrected chi connectivity index (χ1v) is 5.86. The predicted molar refractivity (Wildman–Crippen MR) is 68.4 cm³/mol. The van der Waals surface area contributed by atoms with Crippen molar-refractivity contribution in [1.82, 2.24) is 0 Å². The summed E-state index contributed by atoms with van der Waals surface area (Å²) in [6.07, 6.45) is -0.570. The summed E-state index contributed by atoms with van der Waals surface area (Å²) in [5.74, 6) is 0.274. The summed E-state index contributed by atoms with van der Waals surface area (Å²) in [5.41, 5.74) is 10.5. The second-order valence-electron chi connectivity index (χ2n) is 5.06. The van der Waals surface area contributed by atoms with Crippen LogP contribution in [0.5, 0.6) is 0 Å². The van der Waals surface area contributed by atoms with Crippen molar-refractivity contribution in [2.24, 2.45) is 11.7 Å². The van der Waals surface area contributed by atoms with E-state index in [0.717, 1.165) is 11.1 Å². The van der Waals surface area contributed by atoms with Crippen LogP contribution in [0.2, 0.25) is 0 Å². The minimum atomic E-state index is -0.570. The van der Waals surface area contributed by atoms with Crippen LogP contribution in [0.3, 0.4) is 0 Å². The molecule has 0 aliphatic carbocycles. The third-order valence-electron chi connectivity index (χ3n) is 3.34. The smallest absolute Gasteiger partial charge is 0.0946 e. The lowest BCUT2D eigenvalue weighted by atomic mass is 9.90. The Kier molecular flexibility index (Phi) is 4.11. The predicted octanol–water partition coefficient (Wildman–Crippen LogP) is 2.63. The van der Waals surface area contributed by atoms with Gasteiger partial charge in [-0.15, -0.1) is 0 Å². The third kappa shape index (κ3) is 2.63. The molecule has 0 radical (unpaired) electrons. The van der Waals surface area contributed by atoms with Gasteiger partial charge >= 0.3 is 0 Å². The Morgan fingerprint density at radius 1 is 1.00 bits per heavy atom. The molecule has 2 atom stereocenters. The van der Waals surface area contributed by atoms with Crippen molar-refractivity contribution in [1.29, 1.82) is 0 Å². The van der Waals surface area contributed by atoms with E-state index < -0.39 is 6.10 Å². The number of benzene rings is 1. The Bertz CT molecular complexity index is 371. The van der Waals surface area contributed by atoms with Crippen molar-refractivity contribution >= 4 is 0 Å². The summed E-state index contributed by atoms with van der Waals surface area (Å²) >= 11 is 0. The first-order valence-electron chi connectivity index (χ1n) is 5.86. The molecule has 0 bridgehead atoms. The Balaban J connectivity index is 3.08. The standard InChI is InChI=1S/C14H23NO/c1-8(2)13(15)14(16)12-7-10(4)9(3)6-11(12)5/h6-8,13-14,16H,15H2,1-5H3. The Labute approximate surface area is 98.5 Å². The van der Waals surface area contributed by atoms with Crippen molar-refractivity contribution < 1.29 is 5.11 Å². The van der Waals surface area contributed by atoms with Crippen molar-refractivity contribution in [3.05, 3.63) is 34.4 Å². The summed E-state index contributed by atoms with van der Waals surface area (Å²) in [7, 11) is 0.